The van der Waals surface area contributed by atoms with Crippen molar-refractivity contribution in [2.45, 2.75) is 12.5 Å². The molecule has 0 aromatic heterocycles. The maximum absolute atomic E-state index is 12.7. The summed E-state index contributed by atoms with van der Waals surface area (Å²) in [7, 11) is 2.75. The van der Waals surface area contributed by atoms with E-state index in [1.165, 1.54) is 19.7 Å². The average Bonchev–Trinajstić information content (AvgIpc) is 3.20. The second-order valence-corrected chi connectivity index (χ2v) is 6.68. The Bertz CT molecular complexity index is 892. The number of rotatable bonds is 6. The molecule has 1 unspecified atom stereocenters. The van der Waals surface area contributed by atoms with Crippen molar-refractivity contribution in [1.29, 1.82) is 0 Å². The Hall–Kier alpha value is -3.19. The lowest BCUT2D eigenvalue weighted by Crippen LogP contribution is -2.52. The van der Waals surface area contributed by atoms with Crippen molar-refractivity contribution in [3.63, 3.8) is 0 Å². The van der Waals surface area contributed by atoms with Crippen molar-refractivity contribution in [2.75, 3.05) is 32.6 Å². The normalized spacial score (nSPS) is 13.2. The zero-order chi connectivity index (χ0) is 20.3. The van der Waals surface area contributed by atoms with E-state index in [0.29, 0.717) is 5.56 Å². The topological polar surface area (TPSA) is 98.7 Å². The Labute approximate surface area is 163 Å². The first-order chi connectivity index (χ1) is 13.5. The summed E-state index contributed by atoms with van der Waals surface area (Å²) in [5.41, 5.74) is 4.82. The molecule has 2 aromatic rings. The summed E-state index contributed by atoms with van der Waals surface area (Å²) >= 11 is 0. The average molecular weight is 381 g/mol. The van der Waals surface area contributed by atoms with E-state index in [0.717, 1.165) is 34.7 Å². The maximum atomic E-state index is 12.7. The highest BCUT2D eigenvalue weighted by atomic mass is 16.3. The molecular weight excluding hydrogens is 358 g/mol. The van der Waals surface area contributed by atoms with Gasteiger partial charge in [-0.1, -0.05) is 18.2 Å². The van der Waals surface area contributed by atoms with Gasteiger partial charge in [0, 0.05) is 31.9 Å². The summed E-state index contributed by atoms with van der Waals surface area (Å²) in [5, 5.41) is 14.8. The molecule has 0 saturated carbocycles. The Balaban J connectivity index is 1.81. The van der Waals surface area contributed by atoms with Gasteiger partial charge in [0.25, 0.3) is 5.91 Å². The summed E-state index contributed by atoms with van der Waals surface area (Å²) in [4.78, 5) is 37.7. The van der Waals surface area contributed by atoms with Crippen molar-refractivity contribution in [3.8, 4) is 11.1 Å². The third-order valence-corrected chi connectivity index (χ3v) is 4.94. The van der Waals surface area contributed by atoms with E-state index in [2.05, 4.69) is 22.8 Å². The third kappa shape index (κ3) is 3.75. The van der Waals surface area contributed by atoms with Gasteiger partial charge in [-0.15, -0.1) is 0 Å². The molecule has 2 amide bonds. The number of aliphatic hydroxyl groups excluding tert-OH is 1. The molecule has 0 saturated heterocycles. The number of fused-ring (bicyclic) bond motifs is 1. The fraction of sp³-hybridized carbons (Fsp3) is 0.286. The van der Waals surface area contributed by atoms with E-state index in [-0.39, 0.29) is 0 Å². The summed E-state index contributed by atoms with van der Waals surface area (Å²) < 4.78 is 0. The van der Waals surface area contributed by atoms with Crippen LogP contribution in [0.1, 0.15) is 15.9 Å². The molecule has 0 aliphatic carbocycles. The summed E-state index contributed by atoms with van der Waals surface area (Å²) in [6, 6.07) is 11.9. The van der Waals surface area contributed by atoms with Crippen molar-refractivity contribution in [3.05, 3.63) is 53.6 Å². The number of carbonyl (C=O) groups excluding carboxylic acids is 3. The second kappa shape index (κ2) is 8.22. The van der Waals surface area contributed by atoms with Crippen LogP contribution in [0.3, 0.4) is 0 Å². The summed E-state index contributed by atoms with van der Waals surface area (Å²) in [6.45, 7) is 0.124. The first kappa shape index (κ1) is 19.6. The summed E-state index contributed by atoms with van der Waals surface area (Å²) in [6.07, 6.45) is 0.990. The molecule has 7 nitrogen and oxygen atoms in total. The Morgan fingerprint density at radius 2 is 1.82 bits per heavy atom. The number of nitrogens with one attached hydrogen (secondary N) is 2. The van der Waals surface area contributed by atoms with Gasteiger partial charge in [0.2, 0.25) is 5.91 Å². The molecule has 28 heavy (non-hydrogen) atoms. The molecular formula is C21H23N3O4. The first-order valence-electron chi connectivity index (χ1n) is 9.06. The largest absolute Gasteiger partial charge is 0.388 e. The number of carbonyl (C=O) groups is 3. The fourth-order valence-electron chi connectivity index (χ4n) is 3.37. The number of hydrogen-bond acceptors (Lipinski definition) is 5. The Morgan fingerprint density at radius 1 is 1.14 bits per heavy atom. The fourth-order valence-corrected chi connectivity index (χ4v) is 3.37. The maximum Gasteiger partial charge on any atom is 0.254 e. The highest BCUT2D eigenvalue weighted by Crippen LogP contribution is 2.28. The Morgan fingerprint density at radius 3 is 2.46 bits per heavy atom. The van der Waals surface area contributed by atoms with Crippen LogP contribution in [0.15, 0.2) is 42.5 Å². The van der Waals surface area contributed by atoms with Gasteiger partial charge >= 0.3 is 0 Å². The highest BCUT2D eigenvalue weighted by molar-refractivity contribution is 6.10. The van der Waals surface area contributed by atoms with Gasteiger partial charge in [0.1, 0.15) is 6.61 Å². The van der Waals surface area contributed by atoms with Crippen LogP contribution in [0.2, 0.25) is 0 Å². The van der Waals surface area contributed by atoms with Crippen LogP contribution in [-0.4, -0.2) is 60.9 Å². The molecule has 1 heterocycles. The minimum Gasteiger partial charge on any atom is -0.388 e. The molecule has 7 heteroatoms. The number of benzene rings is 2. The minimum atomic E-state index is -1.37. The van der Waals surface area contributed by atoms with Gasteiger partial charge in [-0.3, -0.25) is 14.4 Å². The van der Waals surface area contributed by atoms with Gasteiger partial charge < -0.3 is 20.6 Å². The zero-order valence-electron chi connectivity index (χ0n) is 15.9. The predicted molar refractivity (Wildman–Crippen MR) is 106 cm³/mol. The van der Waals surface area contributed by atoms with E-state index in [1.54, 1.807) is 12.1 Å². The van der Waals surface area contributed by atoms with Crippen LogP contribution in [0.4, 0.5) is 5.69 Å². The van der Waals surface area contributed by atoms with Crippen molar-refractivity contribution in [1.82, 2.24) is 10.2 Å². The number of nitrogens with zero attached hydrogens (tertiary/aromatic N) is 1. The van der Waals surface area contributed by atoms with Gasteiger partial charge in [0.15, 0.2) is 11.8 Å². The highest BCUT2D eigenvalue weighted by Gasteiger charge is 2.32. The molecule has 1 atom stereocenters. The van der Waals surface area contributed by atoms with E-state index >= 15 is 0 Å². The minimum absolute atomic E-state index is 0.355. The van der Waals surface area contributed by atoms with Crippen molar-refractivity contribution in [2.24, 2.45) is 0 Å². The van der Waals surface area contributed by atoms with Gasteiger partial charge in [-0.25, -0.2) is 0 Å². The van der Waals surface area contributed by atoms with Crippen LogP contribution >= 0.6 is 0 Å². The number of aliphatic hydroxyl groups is 1. The van der Waals surface area contributed by atoms with Gasteiger partial charge in [-0.05, 0) is 47.4 Å². The Kier molecular flexibility index (Phi) is 5.75. The lowest BCUT2D eigenvalue weighted by Gasteiger charge is -2.25. The number of Topliss-reactive ketones (excluding diaryl/α,β-unsaturated/α-hetero) is 1. The molecule has 1 aliphatic rings. The van der Waals surface area contributed by atoms with Crippen LogP contribution in [0.5, 0.6) is 0 Å². The molecule has 0 fully saturated rings. The van der Waals surface area contributed by atoms with Crippen LogP contribution in [0.25, 0.3) is 11.1 Å². The number of hydrogen-bond donors (Lipinski definition) is 3. The molecule has 3 rings (SSSR count). The van der Waals surface area contributed by atoms with E-state index < -0.39 is 30.2 Å². The van der Waals surface area contributed by atoms with E-state index in [1.807, 2.05) is 18.2 Å². The van der Waals surface area contributed by atoms with Crippen LogP contribution in [-0.2, 0) is 16.0 Å². The lowest BCUT2D eigenvalue weighted by atomic mass is 10.00. The first-order valence-corrected chi connectivity index (χ1v) is 9.06. The number of amides is 2. The van der Waals surface area contributed by atoms with E-state index in [4.69, 9.17) is 5.11 Å². The zero-order valence-corrected chi connectivity index (χ0v) is 15.9. The standard InChI is InChI=1S/C21H23N3O4/c1-22-20(27)19(18(26)12-25)24(2)21(28)14-5-3-13(4-6-14)15-7-8-17-16(11-15)9-10-23-17/h3-8,11,19,23,25H,9-10,12H2,1-2H3,(H,22,27). The predicted octanol–water partition coefficient (Wildman–Crippen LogP) is 1.07. The monoisotopic (exact) mass is 381 g/mol. The van der Waals surface area contributed by atoms with Gasteiger partial charge in [0.05, 0.1) is 0 Å². The molecule has 0 radical (unpaired) electrons. The smallest absolute Gasteiger partial charge is 0.254 e. The van der Waals surface area contributed by atoms with Crippen LogP contribution in [0, 0.1) is 0 Å². The number of ketones is 1. The molecule has 146 valence electrons. The van der Waals surface area contributed by atoms with Crippen molar-refractivity contribution >= 4 is 23.3 Å². The molecule has 3 N–H and O–H groups in total. The SMILES string of the molecule is CNC(=O)C(C(=O)CO)N(C)C(=O)c1ccc(-c2ccc3c(c2)CCN3)cc1. The molecule has 0 spiro atoms. The molecule has 2 aromatic carbocycles. The number of likely N-dealkylation sites (N-methyl/N-ethyl adjacent to an activating group) is 2. The lowest BCUT2D eigenvalue weighted by molar-refractivity contribution is -0.135. The second-order valence-electron chi connectivity index (χ2n) is 6.68. The molecule has 1 aliphatic heterocycles. The van der Waals surface area contributed by atoms with Crippen LogP contribution < -0.4 is 10.6 Å². The quantitative estimate of drug-likeness (QED) is 0.650. The van der Waals surface area contributed by atoms with E-state index in [9.17, 15) is 14.4 Å². The van der Waals surface area contributed by atoms with Gasteiger partial charge in [-0.2, -0.15) is 0 Å². The number of anilines is 1. The molecule has 0 bridgehead atoms. The van der Waals surface area contributed by atoms with Crippen molar-refractivity contribution < 1.29 is 19.5 Å². The third-order valence-electron chi connectivity index (χ3n) is 4.94. The summed E-state index contributed by atoms with van der Waals surface area (Å²) in [5.74, 6) is -1.85.